The summed E-state index contributed by atoms with van der Waals surface area (Å²) in [7, 11) is 1.59. The van der Waals surface area contributed by atoms with E-state index < -0.39 is 0 Å². The molecule has 0 unspecified atom stereocenters. The summed E-state index contributed by atoms with van der Waals surface area (Å²) < 4.78 is 5.12. The molecule has 118 valence electrons. The van der Waals surface area contributed by atoms with Crippen LogP contribution in [0.15, 0.2) is 18.2 Å². The number of piperazine rings is 1. The number of hydrogen-bond donors (Lipinski definition) is 1. The number of aryl methyl sites for hydroxylation is 1. The van der Waals surface area contributed by atoms with Crippen molar-refractivity contribution in [2.24, 2.45) is 0 Å². The van der Waals surface area contributed by atoms with Gasteiger partial charge in [-0.25, -0.2) is 0 Å². The number of amides is 1. The van der Waals surface area contributed by atoms with Crippen LogP contribution in [0.2, 0.25) is 5.02 Å². The number of carbonyl (C=O) groups is 1. The minimum absolute atomic E-state index is 0. The molecule has 1 aliphatic rings. The van der Waals surface area contributed by atoms with Crippen LogP contribution in [0.25, 0.3) is 0 Å². The first-order chi connectivity index (χ1) is 9.61. The molecule has 6 heteroatoms. The molecule has 1 aliphatic heterocycles. The van der Waals surface area contributed by atoms with Gasteiger partial charge in [0.2, 0.25) is 5.91 Å². The summed E-state index contributed by atoms with van der Waals surface area (Å²) in [6.07, 6.45) is 1.23. The molecule has 21 heavy (non-hydrogen) atoms. The van der Waals surface area contributed by atoms with Crippen molar-refractivity contribution in [2.75, 3.05) is 26.7 Å². The van der Waals surface area contributed by atoms with Crippen LogP contribution in [-0.2, 0) is 11.2 Å². The lowest BCUT2D eigenvalue weighted by Crippen LogP contribution is -2.52. The van der Waals surface area contributed by atoms with Gasteiger partial charge in [-0.1, -0.05) is 17.7 Å². The number of benzene rings is 1. The van der Waals surface area contributed by atoms with Gasteiger partial charge in [0.25, 0.3) is 0 Å². The van der Waals surface area contributed by atoms with E-state index in [0.29, 0.717) is 23.6 Å². The van der Waals surface area contributed by atoms with Crippen LogP contribution in [-0.4, -0.2) is 43.6 Å². The Morgan fingerprint density at radius 2 is 2.29 bits per heavy atom. The Morgan fingerprint density at radius 1 is 1.52 bits per heavy atom. The van der Waals surface area contributed by atoms with E-state index >= 15 is 0 Å². The second kappa shape index (κ2) is 8.47. The van der Waals surface area contributed by atoms with Crippen molar-refractivity contribution in [1.82, 2.24) is 10.2 Å². The Hall–Kier alpha value is -0.970. The van der Waals surface area contributed by atoms with Gasteiger partial charge in [0.1, 0.15) is 5.75 Å². The minimum Gasteiger partial charge on any atom is -0.495 e. The molecule has 1 fully saturated rings. The zero-order valence-corrected chi connectivity index (χ0v) is 14.0. The molecule has 4 nitrogen and oxygen atoms in total. The lowest BCUT2D eigenvalue weighted by Gasteiger charge is -2.34. The fourth-order valence-electron chi connectivity index (χ4n) is 2.47. The molecule has 1 saturated heterocycles. The monoisotopic (exact) mass is 332 g/mol. The van der Waals surface area contributed by atoms with Crippen molar-refractivity contribution in [2.45, 2.75) is 25.8 Å². The van der Waals surface area contributed by atoms with Crippen LogP contribution < -0.4 is 10.1 Å². The van der Waals surface area contributed by atoms with Gasteiger partial charge in [-0.15, -0.1) is 12.4 Å². The van der Waals surface area contributed by atoms with Crippen LogP contribution in [0, 0.1) is 0 Å². The van der Waals surface area contributed by atoms with Gasteiger partial charge < -0.3 is 15.0 Å². The van der Waals surface area contributed by atoms with Crippen LogP contribution in [0.1, 0.15) is 18.9 Å². The first-order valence-electron chi connectivity index (χ1n) is 6.94. The van der Waals surface area contributed by atoms with E-state index in [9.17, 15) is 4.79 Å². The number of methoxy groups -OCH3 is 1. The summed E-state index contributed by atoms with van der Waals surface area (Å²) >= 11 is 6.09. The molecular formula is C15H22Cl2N2O2. The van der Waals surface area contributed by atoms with Gasteiger partial charge in [0, 0.05) is 32.1 Å². The predicted octanol–water partition coefficient (Wildman–Crippen LogP) is 2.52. The Morgan fingerprint density at radius 3 is 2.90 bits per heavy atom. The first kappa shape index (κ1) is 18.1. The molecule has 1 atom stereocenters. The Balaban J connectivity index is 0.00000220. The topological polar surface area (TPSA) is 41.6 Å². The van der Waals surface area contributed by atoms with Crippen molar-refractivity contribution in [3.05, 3.63) is 28.8 Å². The molecule has 2 rings (SSSR count). The van der Waals surface area contributed by atoms with E-state index in [1.54, 1.807) is 7.11 Å². The quantitative estimate of drug-likeness (QED) is 0.921. The molecular weight excluding hydrogens is 311 g/mol. The van der Waals surface area contributed by atoms with Crippen molar-refractivity contribution in [3.63, 3.8) is 0 Å². The maximum atomic E-state index is 12.2. The molecule has 1 aromatic carbocycles. The van der Waals surface area contributed by atoms with E-state index in [2.05, 4.69) is 12.2 Å². The molecule has 0 radical (unpaired) electrons. The predicted molar refractivity (Wildman–Crippen MR) is 87.6 cm³/mol. The summed E-state index contributed by atoms with van der Waals surface area (Å²) in [5.41, 5.74) is 1.06. The van der Waals surface area contributed by atoms with Gasteiger partial charge >= 0.3 is 0 Å². The molecule has 0 spiro atoms. The smallest absolute Gasteiger partial charge is 0.223 e. The number of halogens is 2. The molecule has 0 aromatic heterocycles. The second-order valence-corrected chi connectivity index (χ2v) is 5.52. The van der Waals surface area contributed by atoms with E-state index in [4.69, 9.17) is 16.3 Å². The SMILES string of the molecule is COc1ccc(CCC(=O)N2CCNC[C@@H]2C)cc1Cl.Cl. The summed E-state index contributed by atoms with van der Waals surface area (Å²) in [5, 5.41) is 3.88. The van der Waals surface area contributed by atoms with Crippen molar-refractivity contribution in [1.29, 1.82) is 0 Å². The zero-order valence-electron chi connectivity index (χ0n) is 12.4. The van der Waals surface area contributed by atoms with Gasteiger partial charge in [-0.3, -0.25) is 4.79 Å². The molecule has 1 amide bonds. The number of hydrogen-bond acceptors (Lipinski definition) is 3. The average Bonchev–Trinajstić information content (AvgIpc) is 2.45. The van der Waals surface area contributed by atoms with Crippen LogP contribution in [0.4, 0.5) is 0 Å². The number of carbonyl (C=O) groups excluding carboxylic acids is 1. The fourth-order valence-corrected chi connectivity index (χ4v) is 2.75. The lowest BCUT2D eigenvalue weighted by atomic mass is 10.1. The second-order valence-electron chi connectivity index (χ2n) is 5.11. The highest BCUT2D eigenvalue weighted by Crippen LogP contribution is 2.25. The molecule has 0 bridgehead atoms. The molecule has 1 aromatic rings. The van der Waals surface area contributed by atoms with E-state index in [1.165, 1.54) is 0 Å². The molecule has 1 heterocycles. The number of nitrogens with zero attached hydrogens (tertiary/aromatic N) is 1. The average molecular weight is 333 g/mol. The Bertz CT molecular complexity index is 483. The largest absolute Gasteiger partial charge is 0.495 e. The third kappa shape index (κ3) is 4.77. The maximum absolute atomic E-state index is 12.2. The maximum Gasteiger partial charge on any atom is 0.223 e. The van der Waals surface area contributed by atoms with Gasteiger partial charge in [0.15, 0.2) is 0 Å². The van der Waals surface area contributed by atoms with E-state index in [0.717, 1.165) is 25.2 Å². The summed E-state index contributed by atoms with van der Waals surface area (Å²) in [4.78, 5) is 14.2. The number of ether oxygens (including phenoxy) is 1. The van der Waals surface area contributed by atoms with E-state index in [-0.39, 0.29) is 24.4 Å². The first-order valence-corrected chi connectivity index (χ1v) is 7.32. The van der Waals surface area contributed by atoms with Gasteiger partial charge in [-0.05, 0) is 31.0 Å². The van der Waals surface area contributed by atoms with Gasteiger partial charge in [-0.2, -0.15) is 0 Å². The standard InChI is InChI=1S/C15H21ClN2O2.ClH/c1-11-10-17-7-8-18(11)15(19)6-4-12-3-5-14(20-2)13(16)9-12;/h3,5,9,11,17H,4,6-8,10H2,1-2H3;1H/t11-;/m0./s1. The highest BCUT2D eigenvalue weighted by Gasteiger charge is 2.22. The molecule has 0 saturated carbocycles. The van der Waals surface area contributed by atoms with Crippen molar-refractivity contribution in [3.8, 4) is 5.75 Å². The summed E-state index contributed by atoms with van der Waals surface area (Å²) in [6.45, 7) is 4.63. The van der Waals surface area contributed by atoms with E-state index in [1.807, 2.05) is 23.1 Å². The van der Waals surface area contributed by atoms with Crippen LogP contribution >= 0.6 is 24.0 Å². The third-order valence-electron chi connectivity index (χ3n) is 3.67. The van der Waals surface area contributed by atoms with Crippen molar-refractivity contribution < 1.29 is 9.53 Å². The normalized spacial score (nSPS) is 18.0. The number of rotatable bonds is 4. The van der Waals surface area contributed by atoms with Crippen molar-refractivity contribution >= 4 is 29.9 Å². The lowest BCUT2D eigenvalue weighted by molar-refractivity contribution is -0.133. The van der Waals surface area contributed by atoms with Crippen LogP contribution in [0.3, 0.4) is 0 Å². The molecule has 0 aliphatic carbocycles. The Labute approximate surface area is 137 Å². The fraction of sp³-hybridized carbons (Fsp3) is 0.533. The minimum atomic E-state index is 0. The summed E-state index contributed by atoms with van der Waals surface area (Å²) in [5.74, 6) is 0.878. The number of nitrogens with one attached hydrogen (secondary N) is 1. The van der Waals surface area contributed by atoms with Crippen LogP contribution in [0.5, 0.6) is 5.75 Å². The third-order valence-corrected chi connectivity index (χ3v) is 3.96. The van der Waals surface area contributed by atoms with Gasteiger partial charge in [0.05, 0.1) is 12.1 Å². The molecule has 1 N–H and O–H groups in total. The zero-order chi connectivity index (χ0) is 14.5. The summed E-state index contributed by atoms with van der Waals surface area (Å²) in [6, 6.07) is 5.94. The highest BCUT2D eigenvalue weighted by molar-refractivity contribution is 6.32. The Kier molecular flexibility index (Phi) is 7.29. The highest BCUT2D eigenvalue weighted by atomic mass is 35.5.